The molecule has 1 aliphatic rings. The number of aromatic nitrogens is 1. The van der Waals surface area contributed by atoms with Gasteiger partial charge in [-0.2, -0.15) is 12.6 Å². The van der Waals surface area contributed by atoms with E-state index in [1.54, 1.807) is 18.4 Å². The first-order valence-electron chi connectivity index (χ1n) is 5.05. The highest BCUT2D eigenvalue weighted by atomic mass is 32.1. The van der Waals surface area contributed by atoms with E-state index in [9.17, 15) is 0 Å². The van der Waals surface area contributed by atoms with Gasteiger partial charge >= 0.3 is 0 Å². The molecule has 0 spiro atoms. The van der Waals surface area contributed by atoms with E-state index in [4.69, 9.17) is 9.47 Å². The Morgan fingerprint density at radius 1 is 1.67 bits per heavy atom. The monoisotopic (exact) mass is 245 g/mol. The second-order valence-electron chi connectivity index (χ2n) is 3.51. The van der Waals surface area contributed by atoms with E-state index in [0.717, 1.165) is 35.9 Å². The average Bonchev–Trinajstić information content (AvgIpc) is 2.84. The lowest BCUT2D eigenvalue weighted by Crippen LogP contribution is -1.96. The van der Waals surface area contributed by atoms with Crippen molar-refractivity contribution < 1.29 is 9.47 Å². The minimum absolute atomic E-state index is 0.208. The SMILES string of the molecule is COCc1nc(C2CCCO2)sc1CS. The van der Waals surface area contributed by atoms with Crippen molar-refractivity contribution in [3.63, 3.8) is 0 Å². The first-order valence-corrected chi connectivity index (χ1v) is 6.50. The number of thiazole rings is 1. The van der Waals surface area contributed by atoms with Crippen LogP contribution in [-0.4, -0.2) is 18.7 Å². The van der Waals surface area contributed by atoms with Gasteiger partial charge in [0.2, 0.25) is 0 Å². The summed E-state index contributed by atoms with van der Waals surface area (Å²) >= 11 is 6.01. The van der Waals surface area contributed by atoms with Crippen LogP contribution in [0.3, 0.4) is 0 Å². The Morgan fingerprint density at radius 2 is 2.53 bits per heavy atom. The van der Waals surface area contributed by atoms with Crippen molar-refractivity contribution in [3.05, 3.63) is 15.6 Å². The molecule has 1 aromatic heterocycles. The lowest BCUT2D eigenvalue weighted by molar-refractivity contribution is 0.111. The van der Waals surface area contributed by atoms with Crippen LogP contribution in [0.2, 0.25) is 0 Å². The van der Waals surface area contributed by atoms with E-state index < -0.39 is 0 Å². The van der Waals surface area contributed by atoms with Crippen LogP contribution in [0, 0.1) is 0 Å². The van der Waals surface area contributed by atoms with Crippen LogP contribution in [0.4, 0.5) is 0 Å². The highest BCUT2D eigenvalue weighted by Gasteiger charge is 2.22. The predicted molar refractivity (Wildman–Crippen MR) is 63.4 cm³/mol. The smallest absolute Gasteiger partial charge is 0.122 e. The number of hydrogen-bond acceptors (Lipinski definition) is 5. The van der Waals surface area contributed by atoms with Crippen LogP contribution in [-0.2, 0) is 21.8 Å². The summed E-state index contributed by atoms with van der Waals surface area (Å²) in [4.78, 5) is 5.77. The van der Waals surface area contributed by atoms with Gasteiger partial charge in [-0.15, -0.1) is 11.3 Å². The standard InChI is InChI=1S/C10H15NO2S2/c1-12-5-7-9(6-14)15-10(11-7)8-3-2-4-13-8/h8,14H,2-6H2,1H3. The Hall–Kier alpha value is -0.100. The number of ether oxygens (including phenoxy) is 2. The molecule has 3 nitrogen and oxygen atoms in total. The second-order valence-corrected chi connectivity index (χ2v) is 4.95. The lowest BCUT2D eigenvalue weighted by atomic mass is 10.2. The zero-order chi connectivity index (χ0) is 10.7. The Morgan fingerprint density at radius 3 is 3.13 bits per heavy atom. The van der Waals surface area contributed by atoms with Gasteiger partial charge in [-0.05, 0) is 12.8 Å². The summed E-state index contributed by atoms with van der Waals surface area (Å²) in [6, 6.07) is 0. The fourth-order valence-electron chi connectivity index (χ4n) is 1.69. The van der Waals surface area contributed by atoms with E-state index in [2.05, 4.69) is 17.6 Å². The number of hydrogen-bond donors (Lipinski definition) is 1. The summed E-state index contributed by atoms with van der Waals surface area (Å²) in [7, 11) is 1.69. The Balaban J connectivity index is 2.17. The van der Waals surface area contributed by atoms with Crippen molar-refractivity contribution in [2.24, 2.45) is 0 Å². The van der Waals surface area contributed by atoms with Crippen molar-refractivity contribution in [1.29, 1.82) is 0 Å². The Kier molecular flexibility index (Phi) is 4.02. The lowest BCUT2D eigenvalue weighted by Gasteiger charge is -2.03. The molecule has 0 bridgehead atoms. The van der Waals surface area contributed by atoms with Gasteiger partial charge < -0.3 is 9.47 Å². The second kappa shape index (κ2) is 5.30. The molecule has 2 heterocycles. The summed E-state index contributed by atoms with van der Waals surface area (Å²) in [5.41, 5.74) is 1.02. The van der Waals surface area contributed by atoms with Crippen molar-refractivity contribution in [3.8, 4) is 0 Å². The number of thiol groups is 1. The fourth-order valence-corrected chi connectivity index (χ4v) is 3.08. The molecule has 0 N–H and O–H groups in total. The van der Waals surface area contributed by atoms with Crippen LogP contribution in [0.5, 0.6) is 0 Å². The largest absolute Gasteiger partial charge is 0.378 e. The third-order valence-electron chi connectivity index (χ3n) is 2.42. The quantitative estimate of drug-likeness (QED) is 0.827. The van der Waals surface area contributed by atoms with Crippen molar-refractivity contribution in [2.45, 2.75) is 31.3 Å². The molecule has 0 radical (unpaired) electrons. The Labute approximate surface area is 99.2 Å². The van der Waals surface area contributed by atoms with Crippen molar-refractivity contribution in [1.82, 2.24) is 4.98 Å². The maximum atomic E-state index is 5.61. The molecule has 2 rings (SSSR count). The maximum absolute atomic E-state index is 5.61. The summed E-state index contributed by atoms with van der Waals surface area (Å²) < 4.78 is 10.7. The summed E-state index contributed by atoms with van der Waals surface area (Å²) in [6.07, 6.45) is 2.44. The van der Waals surface area contributed by atoms with Crippen LogP contribution in [0.1, 0.15) is 34.5 Å². The first kappa shape index (κ1) is 11.4. The molecule has 5 heteroatoms. The number of methoxy groups -OCH3 is 1. The molecule has 1 aliphatic heterocycles. The van der Waals surface area contributed by atoms with Crippen LogP contribution >= 0.6 is 24.0 Å². The molecule has 0 saturated carbocycles. The molecule has 1 atom stereocenters. The fraction of sp³-hybridized carbons (Fsp3) is 0.700. The third-order valence-corrected chi connectivity index (χ3v) is 4.14. The highest BCUT2D eigenvalue weighted by Crippen LogP contribution is 2.33. The predicted octanol–water partition coefficient (Wildman–Crippen LogP) is 2.57. The maximum Gasteiger partial charge on any atom is 0.122 e. The zero-order valence-electron chi connectivity index (χ0n) is 8.73. The molecule has 1 fully saturated rings. The Bertz CT molecular complexity index is 321. The molecule has 0 amide bonds. The van der Waals surface area contributed by atoms with E-state index in [1.807, 2.05) is 0 Å². The van der Waals surface area contributed by atoms with Crippen LogP contribution in [0.15, 0.2) is 0 Å². The normalized spacial score (nSPS) is 21.1. The van der Waals surface area contributed by atoms with Crippen molar-refractivity contribution in [2.75, 3.05) is 13.7 Å². The molecule has 1 aromatic rings. The van der Waals surface area contributed by atoms with Gasteiger partial charge in [0.25, 0.3) is 0 Å². The molecular formula is C10H15NO2S2. The van der Waals surface area contributed by atoms with E-state index >= 15 is 0 Å². The molecular weight excluding hydrogens is 230 g/mol. The summed E-state index contributed by atoms with van der Waals surface area (Å²) in [6.45, 7) is 1.43. The van der Waals surface area contributed by atoms with Gasteiger partial charge in [-0.25, -0.2) is 4.98 Å². The van der Waals surface area contributed by atoms with Crippen LogP contribution in [0.25, 0.3) is 0 Å². The highest BCUT2D eigenvalue weighted by molar-refractivity contribution is 7.79. The van der Waals surface area contributed by atoms with Gasteiger partial charge in [-0.3, -0.25) is 0 Å². The summed E-state index contributed by atoms with van der Waals surface area (Å²) in [5.74, 6) is 0.725. The minimum Gasteiger partial charge on any atom is -0.378 e. The van der Waals surface area contributed by atoms with Gasteiger partial charge in [0.05, 0.1) is 12.3 Å². The first-order chi connectivity index (χ1) is 7.35. The molecule has 84 valence electrons. The van der Waals surface area contributed by atoms with E-state index in [-0.39, 0.29) is 6.10 Å². The molecule has 1 saturated heterocycles. The molecule has 0 aromatic carbocycles. The van der Waals surface area contributed by atoms with Gasteiger partial charge in [0.15, 0.2) is 0 Å². The molecule has 0 aliphatic carbocycles. The van der Waals surface area contributed by atoms with Gasteiger partial charge in [0.1, 0.15) is 11.1 Å². The topological polar surface area (TPSA) is 31.4 Å². The van der Waals surface area contributed by atoms with Crippen molar-refractivity contribution >= 4 is 24.0 Å². The van der Waals surface area contributed by atoms with E-state index in [0.29, 0.717) is 6.61 Å². The molecule has 1 unspecified atom stereocenters. The van der Waals surface area contributed by atoms with Crippen LogP contribution < -0.4 is 0 Å². The molecule has 15 heavy (non-hydrogen) atoms. The third kappa shape index (κ3) is 2.53. The van der Waals surface area contributed by atoms with E-state index in [1.165, 1.54) is 4.88 Å². The number of nitrogens with zero attached hydrogens (tertiary/aromatic N) is 1. The minimum atomic E-state index is 0.208. The van der Waals surface area contributed by atoms with Gasteiger partial charge in [0, 0.05) is 24.3 Å². The summed E-state index contributed by atoms with van der Waals surface area (Å²) in [5, 5.41) is 1.09. The number of rotatable bonds is 4. The zero-order valence-corrected chi connectivity index (χ0v) is 10.4. The van der Waals surface area contributed by atoms with Gasteiger partial charge in [-0.1, -0.05) is 0 Å². The average molecular weight is 245 g/mol.